The van der Waals surface area contributed by atoms with Gasteiger partial charge in [0.25, 0.3) is 0 Å². The van der Waals surface area contributed by atoms with Crippen molar-refractivity contribution in [3.05, 3.63) is 66.1 Å². The van der Waals surface area contributed by atoms with Crippen LogP contribution >= 0.6 is 11.8 Å². The van der Waals surface area contributed by atoms with Crippen molar-refractivity contribution >= 4 is 28.9 Å². The van der Waals surface area contributed by atoms with Gasteiger partial charge < -0.3 is 4.42 Å². The van der Waals surface area contributed by atoms with Crippen LogP contribution in [0.3, 0.4) is 0 Å². The second kappa shape index (κ2) is 4.28. The first kappa shape index (κ1) is 10.9. The van der Waals surface area contributed by atoms with E-state index in [0.717, 1.165) is 17.0 Å². The van der Waals surface area contributed by atoms with Gasteiger partial charge in [-0.15, -0.1) is 11.8 Å². The molecule has 0 amide bonds. The van der Waals surface area contributed by atoms with Gasteiger partial charge in [0, 0.05) is 4.90 Å². The molecule has 1 atom stereocenters. The molecule has 2 aromatic carbocycles. The zero-order chi connectivity index (χ0) is 12.7. The molecule has 1 aliphatic rings. The smallest absolute Gasteiger partial charge is 0.212 e. The van der Waals surface area contributed by atoms with Crippen molar-refractivity contribution in [2.45, 2.75) is 10.1 Å². The lowest BCUT2D eigenvalue weighted by atomic mass is 10.2. The summed E-state index contributed by atoms with van der Waals surface area (Å²) in [6.45, 7) is 0. The fourth-order valence-corrected chi connectivity index (χ4v) is 3.30. The topological polar surface area (TPSA) is 26.0 Å². The summed E-state index contributed by atoms with van der Waals surface area (Å²) in [5, 5.41) is 0.155. The van der Waals surface area contributed by atoms with Gasteiger partial charge in [0.15, 0.2) is 5.58 Å². The standard InChI is InChI=1S/C16H11NOS/c1-4-8-14-11(5-1)9-10-15(19-14)16-17-12-6-2-3-7-13(12)18-16/h1-10,15H. The average molecular weight is 265 g/mol. The van der Waals surface area contributed by atoms with E-state index in [1.165, 1.54) is 10.5 Å². The Morgan fingerprint density at radius 1 is 1.00 bits per heavy atom. The second-order valence-electron chi connectivity index (χ2n) is 4.46. The zero-order valence-electron chi connectivity index (χ0n) is 10.1. The van der Waals surface area contributed by atoms with Gasteiger partial charge in [-0.2, -0.15) is 0 Å². The van der Waals surface area contributed by atoms with E-state index < -0.39 is 0 Å². The summed E-state index contributed by atoms with van der Waals surface area (Å²) in [6.07, 6.45) is 4.29. The Kier molecular flexibility index (Phi) is 2.45. The van der Waals surface area contributed by atoms with Crippen molar-refractivity contribution in [3.8, 4) is 0 Å². The SMILES string of the molecule is C1=CC(c2nc3ccccc3o2)Sc2ccccc21. The van der Waals surface area contributed by atoms with E-state index in [4.69, 9.17) is 4.42 Å². The van der Waals surface area contributed by atoms with Crippen LogP contribution in [0.4, 0.5) is 0 Å². The van der Waals surface area contributed by atoms with E-state index in [2.05, 4.69) is 41.4 Å². The van der Waals surface area contributed by atoms with Gasteiger partial charge in [0.05, 0.1) is 0 Å². The Morgan fingerprint density at radius 2 is 1.84 bits per heavy atom. The molecule has 0 spiro atoms. The Bertz CT molecular complexity index is 742. The van der Waals surface area contributed by atoms with E-state index in [0.29, 0.717) is 0 Å². The van der Waals surface area contributed by atoms with Gasteiger partial charge >= 0.3 is 0 Å². The lowest BCUT2D eigenvalue weighted by molar-refractivity contribution is 0.543. The van der Waals surface area contributed by atoms with Crippen LogP contribution in [0.1, 0.15) is 16.7 Å². The molecule has 0 fully saturated rings. The molecule has 1 unspecified atom stereocenters. The molecule has 1 aromatic heterocycles. The number of oxazole rings is 1. The first-order chi connectivity index (χ1) is 9.40. The summed E-state index contributed by atoms with van der Waals surface area (Å²) >= 11 is 1.78. The number of aromatic nitrogens is 1. The highest BCUT2D eigenvalue weighted by molar-refractivity contribution is 7.99. The summed E-state index contributed by atoms with van der Waals surface area (Å²) in [5.41, 5.74) is 3.04. The van der Waals surface area contributed by atoms with Crippen LogP contribution in [-0.4, -0.2) is 4.98 Å². The van der Waals surface area contributed by atoms with Crippen molar-refractivity contribution in [1.29, 1.82) is 0 Å². The summed E-state index contributed by atoms with van der Waals surface area (Å²) in [6, 6.07) is 16.3. The van der Waals surface area contributed by atoms with E-state index in [1.807, 2.05) is 24.3 Å². The number of hydrogen-bond acceptors (Lipinski definition) is 3. The van der Waals surface area contributed by atoms with Crippen LogP contribution < -0.4 is 0 Å². The first-order valence-corrected chi connectivity index (χ1v) is 7.07. The van der Waals surface area contributed by atoms with E-state index in [9.17, 15) is 0 Å². The third kappa shape index (κ3) is 1.87. The number of hydrogen-bond donors (Lipinski definition) is 0. The second-order valence-corrected chi connectivity index (χ2v) is 5.64. The number of fused-ring (bicyclic) bond motifs is 2. The molecule has 0 N–H and O–H groups in total. The van der Waals surface area contributed by atoms with E-state index >= 15 is 0 Å². The minimum Gasteiger partial charge on any atom is -0.439 e. The molecule has 3 aromatic rings. The van der Waals surface area contributed by atoms with Gasteiger partial charge in [-0.3, -0.25) is 0 Å². The highest BCUT2D eigenvalue weighted by Gasteiger charge is 2.20. The zero-order valence-corrected chi connectivity index (χ0v) is 10.9. The van der Waals surface area contributed by atoms with Crippen LogP contribution in [-0.2, 0) is 0 Å². The number of nitrogens with zero attached hydrogens (tertiary/aromatic N) is 1. The quantitative estimate of drug-likeness (QED) is 0.638. The van der Waals surface area contributed by atoms with Crippen molar-refractivity contribution < 1.29 is 4.42 Å². The fourth-order valence-electron chi connectivity index (χ4n) is 2.24. The molecule has 0 aliphatic carbocycles. The van der Waals surface area contributed by atoms with Crippen LogP contribution in [0.5, 0.6) is 0 Å². The molecule has 0 saturated carbocycles. The summed E-state index contributed by atoms with van der Waals surface area (Å²) in [7, 11) is 0. The third-order valence-electron chi connectivity index (χ3n) is 3.18. The predicted molar refractivity (Wildman–Crippen MR) is 78.1 cm³/mol. The first-order valence-electron chi connectivity index (χ1n) is 6.19. The van der Waals surface area contributed by atoms with Gasteiger partial charge in [-0.05, 0) is 23.8 Å². The molecular formula is C16H11NOS. The molecule has 4 rings (SSSR count). The van der Waals surface area contributed by atoms with Crippen LogP contribution in [0, 0.1) is 0 Å². The Hall–Kier alpha value is -2.00. The molecular weight excluding hydrogens is 254 g/mol. The molecule has 0 bridgehead atoms. The van der Waals surface area contributed by atoms with Crippen molar-refractivity contribution in [1.82, 2.24) is 4.98 Å². The maximum Gasteiger partial charge on any atom is 0.212 e. The molecule has 2 heterocycles. The third-order valence-corrected chi connectivity index (χ3v) is 4.42. The van der Waals surface area contributed by atoms with Gasteiger partial charge in [0.2, 0.25) is 5.89 Å². The van der Waals surface area contributed by atoms with Gasteiger partial charge in [0.1, 0.15) is 10.8 Å². The van der Waals surface area contributed by atoms with Crippen LogP contribution in [0.15, 0.2) is 63.9 Å². The number of benzene rings is 2. The Labute approximate surface area is 115 Å². The average Bonchev–Trinajstić information content (AvgIpc) is 2.90. The van der Waals surface area contributed by atoms with Gasteiger partial charge in [-0.1, -0.05) is 42.5 Å². The monoisotopic (exact) mass is 265 g/mol. The van der Waals surface area contributed by atoms with Crippen LogP contribution in [0.25, 0.3) is 17.2 Å². The predicted octanol–water partition coefficient (Wildman–Crippen LogP) is 4.69. The molecule has 3 heteroatoms. The lowest BCUT2D eigenvalue weighted by Gasteiger charge is -2.15. The molecule has 1 aliphatic heterocycles. The van der Waals surface area contributed by atoms with E-state index in [-0.39, 0.29) is 5.25 Å². The van der Waals surface area contributed by atoms with Gasteiger partial charge in [-0.25, -0.2) is 4.98 Å². The maximum absolute atomic E-state index is 5.84. The maximum atomic E-state index is 5.84. The van der Waals surface area contributed by atoms with Crippen molar-refractivity contribution in [2.24, 2.45) is 0 Å². The lowest BCUT2D eigenvalue weighted by Crippen LogP contribution is -1.95. The highest BCUT2D eigenvalue weighted by Crippen LogP contribution is 2.42. The summed E-state index contributed by atoms with van der Waals surface area (Å²) in [5.74, 6) is 0.775. The highest BCUT2D eigenvalue weighted by atomic mass is 32.2. The Morgan fingerprint density at radius 3 is 2.79 bits per heavy atom. The Balaban J connectivity index is 1.75. The molecule has 0 radical (unpaired) electrons. The summed E-state index contributed by atoms with van der Waals surface area (Å²) in [4.78, 5) is 5.85. The normalized spacial score (nSPS) is 17.6. The molecule has 92 valence electrons. The number of para-hydroxylation sites is 2. The molecule has 2 nitrogen and oxygen atoms in total. The largest absolute Gasteiger partial charge is 0.439 e. The minimum atomic E-state index is 0.155. The summed E-state index contributed by atoms with van der Waals surface area (Å²) < 4.78 is 5.84. The van der Waals surface area contributed by atoms with Crippen molar-refractivity contribution in [3.63, 3.8) is 0 Å². The molecule has 19 heavy (non-hydrogen) atoms. The van der Waals surface area contributed by atoms with E-state index in [1.54, 1.807) is 11.8 Å². The van der Waals surface area contributed by atoms with Crippen molar-refractivity contribution in [2.75, 3.05) is 0 Å². The van der Waals surface area contributed by atoms with Crippen LogP contribution in [0.2, 0.25) is 0 Å². The minimum absolute atomic E-state index is 0.155. The number of rotatable bonds is 1. The number of thioether (sulfide) groups is 1. The molecule has 0 saturated heterocycles. The fraction of sp³-hybridized carbons (Fsp3) is 0.0625.